The molecule has 0 aromatic heterocycles. The van der Waals surface area contributed by atoms with Crippen molar-refractivity contribution in [2.45, 2.75) is 303 Å². The van der Waals surface area contributed by atoms with Gasteiger partial charge in [0.2, 0.25) is 0 Å². The fourth-order valence-corrected chi connectivity index (χ4v) is 8.22. The quantitative estimate of drug-likeness (QED) is 0.0262. The Hall–Kier alpha value is -2.37. The molecule has 0 aromatic carbocycles. The van der Waals surface area contributed by atoms with Gasteiger partial charge in [0.1, 0.15) is 13.2 Å². The van der Waals surface area contributed by atoms with Crippen molar-refractivity contribution in [1.29, 1.82) is 0 Å². The Labute approximate surface area is 397 Å². The van der Waals surface area contributed by atoms with Gasteiger partial charge >= 0.3 is 17.9 Å². The zero-order valence-electron chi connectivity index (χ0n) is 42.8. The lowest BCUT2D eigenvalue weighted by Gasteiger charge is -2.18. The van der Waals surface area contributed by atoms with E-state index in [0.29, 0.717) is 19.3 Å². The van der Waals surface area contributed by atoms with Crippen molar-refractivity contribution in [2.75, 3.05) is 13.2 Å². The van der Waals surface area contributed by atoms with E-state index >= 15 is 0 Å². The summed E-state index contributed by atoms with van der Waals surface area (Å²) in [6.45, 7) is 6.53. The normalized spacial score (nSPS) is 12.2. The first-order valence-corrected chi connectivity index (χ1v) is 28.0. The molecule has 0 aliphatic heterocycles. The van der Waals surface area contributed by atoms with Gasteiger partial charge in [0.25, 0.3) is 0 Å². The zero-order valence-corrected chi connectivity index (χ0v) is 42.8. The van der Waals surface area contributed by atoms with E-state index in [9.17, 15) is 14.4 Å². The number of carbonyl (C=O) groups excluding carboxylic acids is 3. The van der Waals surface area contributed by atoms with Crippen LogP contribution in [0.2, 0.25) is 0 Å². The number of rotatable bonds is 51. The lowest BCUT2D eigenvalue weighted by Crippen LogP contribution is -2.30. The zero-order chi connectivity index (χ0) is 46.5. The summed E-state index contributed by atoms with van der Waals surface area (Å²) in [4.78, 5) is 37.9. The fourth-order valence-electron chi connectivity index (χ4n) is 8.22. The first kappa shape index (κ1) is 61.6. The topological polar surface area (TPSA) is 78.9 Å². The molecule has 0 radical (unpaired) electrons. The van der Waals surface area contributed by atoms with Crippen LogP contribution in [0, 0.1) is 0 Å². The molecule has 0 saturated heterocycles. The molecule has 0 aliphatic carbocycles. The largest absolute Gasteiger partial charge is 0.462 e. The lowest BCUT2D eigenvalue weighted by atomic mass is 10.0. The van der Waals surface area contributed by atoms with Gasteiger partial charge < -0.3 is 14.2 Å². The van der Waals surface area contributed by atoms with E-state index in [2.05, 4.69) is 57.2 Å². The van der Waals surface area contributed by atoms with Crippen LogP contribution in [-0.2, 0) is 28.6 Å². The molecule has 6 heteroatoms. The minimum absolute atomic E-state index is 0.0720. The molecule has 0 bridgehead atoms. The number of allylic oxidation sites excluding steroid dienone is 6. The molecule has 0 amide bonds. The van der Waals surface area contributed by atoms with Gasteiger partial charge in [0.15, 0.2) is 6.10 Å². The van der Waals surface area contributed by atoms with Gasteiger partial charge in [-0.25, -0.2) is 0 Å². The predicted octanol–water partition coefficient (Wildman–Crippen LogP) is 18.5. The first-order valence-electron chi connectivity index (χ1n) is 28.0. The highest BCUT2D eigenvalue weighted by Gasteiger charge is 2.19. The van der Waals surface area contributed by atoms with Crippen molar-refractivity contribution in [3.8, 4) is 0 Å². The van der Waals surface area contributed by atoms with Crippen LogP contribution in [0.5, 0.6) is 0 Å². The van der Waals surface area contributed by atoms with E-state index in [-0.39, 0.29) is 31.1 Å². The molecule has 0 heterocycles. The summed E-state index contributed by atoms with van der Waals surface area (Å²) in [6, 6.07) is 0. The molecule has 0 aromatic rings. The number of hydrogen-bond donors (Lipinski definition) is 0. The van der Waals surface area contributed by atoms with Crippen molar-refractivity contribution >= 4 is 17.9 Å². The van der Waals surface area contributed by atoms with Crippen LogP contribution < -0.4 is 0 Å². The maximum atomic E-state index is 12.8. The van der Waals surface area contributed by atoms with Crippen LogP contribution in [0.4, 0.5) is 0 Å². The molecule has 0 saturated carbocycles. The van der Waals surface area contributed by atoms with E-state index in [1.165, 1.54) is 173 Å². The van der Waals surface area contributed by atoms with E-state index < -0.39 is 6.10 Å². The summed E-state index contributed by atoms with van der Waals surface area (Å²) in [5.41, 5.74) is 0. The first-order chi connectivity index (χ1) is 31.5. The molecule has 1 atom stereocenters. The van der Waals surface area contributed by atoms with E-state index in [1.807, 2.05) is 0 Å². The SMILES string of the molecule is CC/C=C\C/C=C\C/C=C\CCCCCCCCCC(=O)OC(COC(=O)CCCCCCCCCC)COC(=O)CCCCCCCCCCCCCCCCCCCCCCC. The summed E-state index contributed by atoms with van der Waals surface area (Å²) >= 11 is 0. The van der Waals surface area contributed by atoms with Crippen LogP contribution in [0.15, 0.2) is 36.5 Å². The summed E-state index contributed by atoms with van der Waals surface area (Å²) in [7, 11) is 0. The maximum Gasteiger partial charge on any atom is 0.306 e. The number of carbonyl (C=O) groups is 3. The number of ether oxygens (including phenoxy) is 3. The average molecular weight is 899 g/mol. The molecule has 0 aliphatic rings. The molecule has 0 fully saturated rings. The summed E-state index contributed by atoms with van der Waals surface area (Å²) in [6.07, 6.45) is 62.9. The van der Waals surface area contributed by atoms with Crippen LogP contribution in [0.3, 0.4) is 0 Å². The Bertz CT molecular complexity index is 1080. The summed E-state index contributed by atoms with van der Waals surface area (Å²) in [5, 5.41) is 0. The second kappa shape index (κ2) is 53.2. The number of unbranched alkanes of at least 4 members (excludes halogenated alkanes) is 34. The van der Waals surface area contributed by atoms with Gasteiger partial charge in [-0.2, -0.15) is 0 Å². The van der Waals surface area contributed by atoms with Gasteiger partial charge in [0, 0.05) is 19.3 Å². The standard InChI is InChI=1S/C58H106O6/c1-4-7-10-13-16-19-21-23-25-27-28-29-30-32-33-35-37-39-42-45-48-51-57(60)63-54-55(53-62-56(59)50-47-44-41-18-15-12-9-6-3)64-58(61)52-49-46-43-40-38-36-34-31-26-24-22-20-17-14-11-8-5-2/h8,11,17,20,24,26,55H,4-7,9-10,12-16,18-19,21-23,25,27-54H2,1-3H3/b11-8-,20-17-,26-24-. The highest BCUT2D eigenvalue weighted by molar-refractivity contribution is 5.71. The van der Waals surface area contributed by atoms with Crippen molar-refractivity contribution in [2.24, 2.45) is 0 Å². The Morgan fingerprint density at radius 3 is 0.953 bits per heavy atom. The lowest BCUT2D eigenvalue weighted by molar-refractivity contribution is -0.167. The van der Waals surface area contributed by atoms with Gasteiger partial charge in [-0.1, -0.05) is 263 Å². The van der Waals surface area contributed by atoms with Crippen molar-refractivity contribution < 1.29 is 28.6 Å². The summed E-state index contributed by atoms with van der Waals surface area (Å²) < 4.78 is 16.8. The number of esters is 3. The van der Waals surface area contributed by atoms with Gasteiger partial charge in [-0.3, -0.25) is 14.4 Å². The molecular formula is C58H106O6. The number of hydrogen-bond acceptors (Lipinski definition) is 6. The van der Waals surface area contributed by atoms with Gasteiger partial charge in [0.05, 0.1) is 0 Å². The third-order valence-electron chi connectivity index (χ3n) is 12.4. The molecule has 0 spiro atoms. The summed E-state index contributed by atoms with van der Waals surface area (Å²) in [5.74, 6) is -0.871. The third kappa shape index (κ3) is 50.6. The van der Waals surface area contributed by atoms with Crippen molar-refractivity contribution in [3.63, 3.8) is 0 Å². The Kier molecular flexibility index (Phi) is 51.3. The molecule has 1 unspecified atom stereocenters. The minimum Gasteiger partial charge on any atom is -0.462 e. The van der Waals surface area contributed by atoms with E-state index in [4.69, 9.17) is 14.2 Å². The smallest absolute Gasteiger partial charge is 0.306 e. The molecule has 64 heavy (non-hydrogen) atoms. The van der Waals surface area contributed by atoms with Gasteiger partial charge in [-0.05, 0) is 51.4 Å². The monoisotopic (exact) mass is 899 g/mol. The third-order valence-corrected chi connectivity index (χ3v) is 12.4. The highest BCUT2D eigenvalue weighted by Crippen LogP contribution is 2.17. The van der Waals surface area contributed by atoms with Crippen LogP contribution in [0.25, 0.3) is 0 Å². The molecule has 374 valence electrons. The molecule has 0 N–H and O–H groups in total. The Morgan fingerprint density at radius 1 is 0.328 bits per heavy atom. The fraction of sp³-hybridized carbons (Fsp3) is 0.845. The predicted molar refractivity (Wildman–Crippen MR) is 275 cm³/mol. The molecule has 0 rings (SSSR count). The van der Waals surface area contributed by atoms with Crippen LogP contribution in [0.1, 0.15) is 297 Å². The molecule has 6 nitrogen and oxygen atoms in total. The minimum atomic E-state index is -0.772. The van der Waals surface area contributed by atoms with Gasteiger partial charge in [-0.15, -0.1) is 0 Å². The van der Waals surface area contributed by atoms with Crippen molar-refractivity contribution in [1.82, 2.24) is 0 Å². The second-order valence-electron chi connectivity index (χ2n) is 18.8. The molecular weight excluding hydrogens is 793 g/mol. The van der Waals surface area contributed by atoms with E-state index in [1.54, 1.807) is 0 Å². The average Bonchev–Trinajstić information content (AvgIpc) is 3.29. The Morgan fingerprint density at radius 2 is 0.609 bits per heavy atom. The van der Waals surface area contributed by atoms with Crippen molar-refractivity contribution in [3.05, 3.63) is 36.5 Å². The maximum absolute atomic E-state index is 12.8. The van der Waals surface area contributed by atoms with E-state index in [0.717, 1.165) is 83.5 Å². The highest BCUT2D eigenvalue weighted by atomic mass is 16.6. The Balaban J connectivity index is 4.20. The van der Waals surface area contributed by atoms with Crippen LogP contribution >= 0.6 is 0 Å². The second-order valence-corrected chi connectivity index (χ2v) is 18.8. The van der Waals surface area contributed by atoms with Crippen LogP contribution in [-0.4, -0.2) is 37.2 Å².